The molecule has 0 radical (unpaired) electrons. The molecule has 2 atom stereocenters. The lowest BCUT2D eigenvalue weighted by Gasteiger charge is -2.30. The molecule has 1 aromatic rings. The summed E-state index contributed by atoms with van der Waals surface area (Å²) in [6.45, 7) is 12.2. The normalized spacial score (nSPS) is 28.7. The fraction of sp³-hybridized carbons (Fsp3) is 0.800. The van der Waals surface area contributed by atoms with Crippen molar-refractivity contribution < 1.29 is 0 Å². The molecule has 0 aliphatic carbocycles. The van der Waals surface area contributed by atoms with Crippen LogP contribution in [0.5, 0.6) is 0 Å². The van der Waals surface area contributed by atoms with Crippen molar-refractivity contribution in [3.8, 4) is 0 Å². The smallest absolute Gasteiger partial charge is 0.114 e. The summed E-state index contributed by atoms with van der Waals surface area (Å²) < 4.78 is 0. The number of thiazole rings is 1. The molecule has 19 heavy (non-hydrogen) atoms. The molecule has 1 saturated heterocycles. The van der Waals surface area contributed by atoms with Crippen LogP contribution in [0.1, 0.15) is 57.7 Å². The minimum atomic E-state index is 0.0418. The van der Waals surface area contributed by atoms with Gasteiger partial charge in [-0.2, -0.15) is 0 Å². The molecule has 1 fully saturated rings. The fourth-order valence-electron chi connectivity index (χ4n) is 2.95. The Hall–Kier alpha value is -0.450. The number of rotatable bonds is 4. The molecule has 2 heterocycles. The molecular formula is C15H27N3S. The van der Waals surface area contributed by atoms with Crippen LogP contribution < -0.4 is 5.32 Å². The van der Waals surface area contributed by atoms with Gasteiger partial charge in [-0.25, -0.2) is 4.98 Å². The van der Waals surface area contributed by atoms with Crippen LogP contribution in [0.4, 0.5) is 0 Å². The van der Waals surface area contributed by atoms with Gasteiger partial charge in [-0.1, -0.05) is 13.8 Å². The van der Waals surface area contributed by atoms with Crippen LogP contribution in [0, 0.1) is 0 Å². The van der Waals surface area contributed by atoms with E-state index < -0.39 is 0 Å². The number of nitrogens with zero attached hydrogens (tertiary/aromatic N) is 2. The molecule has 0 aromatic carbocycles. The third kappa shape index (κ3) is 3.01. The van der Waals surface area contributed by atoms with E-state index in [4.69, 9.17) is 4.98 Å². The predicted molar refractivity (Wildman–Crippen MR) is 82.9 cm³/mol. The minimum absolute atomic E-state index is 0.0418. The monoisotopic (exact) mass is 281 g/mol. The van der Waals surface area contributed by atoms with E-state index in [9.17, 15) is 0 Å². The number of hydrogen-bond donors (Lipinski definition) is 1. The lowest BCUT2D eigenvalue weighted by molar-refractivity contribution is 0.285. The summed E-state index contributed by atoms with van der Waals surface area (Å²) in [6, 6.07) is 1.09. The highest BCUT2D eigenvalue weighted by atomic mass is 32.1. The lowest BCUT2D eigenvalue weighted by Crippen LogP contribution is -2.47. The van der Waals surface area contributed by atoms with Gasteiger partial charge in [-0.05, 0) is 40.2 Å². The molecule has 3 nitrogen and oxygen atoms in total. The molecule has 2 unspecified atom stereocenters. The van der Waals surface area contributed by atoms with Gasteiger partial charge >= 0.3 is 0 Å². The molecule has 1 aromatic heterocycles. The van der Waals surface area contributed by atoms with Crippen LogP contribution >= 0.6 is 11.3 Å². The number of likely N-dealkylation sites (N-methyl/N-ethyl adjacent to an activating group) is 1. The second-order valence-electron chi connectivity index (χ2n) is 6.58. The van der Waals surface area contributed by atoms with Crippen LogP contribution in [0.3, 0.4) is 0 Å². The highest BCUT2D eigenvalue weighted by molar-refractivity contribution is 7.09. The standard InChI is InChI=1S/C15H27N3S/c1-10(2)13-8-19-14(16-13)15(17-11(3)4)7-12(5)18(6)9-15/h8,10-12,17H,7,9H2,1-6H3. The third-order valence-electron chi connectivity index (χ3n) is 4.00. The Balaban J connectivity index is 2.32. The van der Waals surface area contributed by atoms with Crippen LogP contribution in [-0.4, -0.2) is 35.6 Å². The van der Waals surface area contributed by atoms with Crippen molar-refractivity contribution in [1.82, 2.24) is 15.2 Å². The zero-order valence-electron chi connectivity index (χ0n) is 13.0. The van der Waals surface area contributed by atoms with Gasteiger partial charge in [0, 0.05) is 24.0 Å². The maximum absolute atomic E-state index is 4.92. The SMILES string of the molecule is CC(C)NC1(c2nc(C(C)C)cs2)CC(C)N(C)C1. The largest absolute Gasteiger partial charge is 0.302 e. The Kier molecular flexibility index (Phi) is 4.33. The second kappa shape index (κ2) is 5.51. The molecule has 1 N–H and O–H groups in total. The van der Waals surface area contributed by atoms with E-state index in [1.165, 1.54) is 10.7 Å². The zero-order chi connectivity index (χ0) is 14.2. The van der Waals surface area contributed by atoms with E-state index in [0.29, 0.717) is 18.0 Å². The van der Waals surface area contributed by atoms with Crippen LogP contribution in [-0.2, 0) is 5.54 Å². The average Bonchev–Trinajstić information content (AvgIpc) is 2.85. The first-order chi connectivity index (χ1) is 8.84. The summed E-state index contributed by atoms with van der Waals surface area (Å²) in [5.74, 6) is 0.512. The van der Waals surface area contributed by atoms with Crippen molar-refractivity contribution in [3.05, 3.63) is 16.1 Å². The first-order valence-corrected chi connectivity index (χ1v) is 8.16. The Bertz CT molecular complexity index is 409. The molecule has 0 bridgehead atoms. The summed E-state index contributed by atoms with van der Waals surface area (Å²) in [4.78, 5) is 7.35. The zero-order valence-corrected chi connectivity index (χ0v) is 13.8. The van der Waals surface area contributed by atoms with E-state index in [1.54, 1.807) is 0 Å². The van der Waals surface area contributed by atoms with Gasteiger partial charge in [0.15, 0.2) is 0 Å². The molecule has 108 valence electrons. The molecule has 0 spiro atoms. The minimum Gasteiger partial charge on any atom is -0.302 e. The number of nitrogens with one attached hydrogen (secondary N) is 1. The van der Waals surface area contributed by atoms with Crippen molar-refractivity contribution in [2.75, 3.05) is 13.6 Å². The van der Waals surface area contributed by atoms with Crippen molar-refractivity contribution in [1.29, 1.82) is 0 Å². The summed E-state index contributed by atoms with van der Waals surface area (Å²) >= 11 is 1.82. The molecule has 4 heteroatoms. The predicted octanol–water partition coefficient (Wildman–Crippen LogP) is 3.18. The van der Waals surface area contributed by atoms with Crippen molar-refractivity contribution in [2.24, 2.45) is 0 Å². The summed E-state index contributed by atoms with van der Waals surface area (Å²) in [7, 11) is 2.21. The van der Waals surface area contributed by atoms with Crippen LogP contribution in [0.25, 0.3) is 0 Å². The maximum atomic E-state index is 4.92. The molecule has 1 aliphatic rings. The topological polar surface area (TPSA) is 28.2 Å². The third-order valence-corrected chi connectivity index (χ3v) is 5.07. The first kappa shape index (κ1) is 14.9. The molecule has 1 aliphatic heterocycles. The lowest BCUT2D eigenvalue weighted by atomic mass is 9.96. The van der Waals surface area contributed by atoms with E-state index in [1.807, 2.05) is 11.3 Å². The summed E-state index contributed by atoms with van der Waals surface area (Å²) in [5.41, 5.74) is 1.27. The van der Waals surface area contributed by atoms with Crippen LogP contribution in [0.2, 0.25) is 0 Å². The second-order valence-corrected chi connectivity index (χ2v) is 7.44. The van der Waals surface area contributed by atoms with Gasteiger partial charge < -0.3 is 10.2 Å². The van der Waals surface area contributed by atoms with Gasteiger partial charge in [0.25, 0.3) is 0 Å². The van der Waals surface area contributed by atoms with Gasteiger partial charge in [-0.15, -0.1) is 11.3 Å². The van der Waals surface area contributed by atoms with Gasteiger partial charge in [0.05, 0.1) is 11.2 Å². The quantitative estimate of drug-likeness (QED) is 0.918. The average molecular weight is 281 g/mol. The van der Waals surface area contributed by atoms with Crippen molar-refractivity contribution in [2.45, 2.75) is 64.6 Å². The van der Waals surface area contributed by atoms with Crippen LogP contribution in [0.15, 0.2) is 5.38 Å². The number of likely N-dealkylation sites (tertiary alicyclic amines) is 1. The van der Waals surface area contributed by atoms with Gasteiger partial charge in [0.1, 0.15) is 5.01 Å². The van der Waals surface area contributed by atoms with E-state index in [2.05, 4.69) is 57.3 Å². The summed E-state index contributed by atoms with van der Waals surface area (Å²) in [6.07, 6.45) is 1.15. The van der Waals surface area contributed by atoms with Crippen molar-refractivity contribution in [3.63, 3.8) is 0 Å². The maximum Gasteiger partial charge on any atom is 0.114 e. The molecule has 0 amide bonds. The Morgan fingerprint density at radius 1 is 1.42 bits per heavy atom. The Morgan fingerprint density at radius 2 is 2.11 bits per heavy atom. The van der Waals surface area contributed by atoms with E-state index in [0.717, 1.165) is 13.0 Å². The molecule has 0 saturated carbocycles. The van der Waals surface area contributed by atoms with Crippen molar-refractivity contribution >= 4 is 11.3 Å². The molecular weight excluding hydrogens is 254 g/mol. The number of hydrogen-bond acceptors (Lipinski definition) is 4. The highest BCUT2D eigenvalue weighted by Gasteiger charge is 2.44. The van der Waals surface area contributed by atoms with E-state index >= 15 is 0 Å². The first-order valence-electron chi connectivity index (χ1n) is 7.28. The van der Waals surface area contributed by atoms with Gasteiger partial charge in [-0.3, -0.25) is 0 Å². The molecule has 2 rings (SSSR count). The fourth-order valence-corrected chi connectivity index (χ4v) is 4.10. The van der Waals surface area contributed by atoms with Gasteiger partial charge in [0.2, 0.25) is 0 Å². The number of aromatic nitrogens is 1. The Labute approximate surface area is 121 Å². The Morgan fingerprint density at radius 3 is 2.53 bits per heavy atom. The summed E-state index contributed by atoms with van der Waals surface area (Å²) in [5, 5.41) is 7.28. The van der Waals surface area contributed by atoms with E-state index in [-0.39, 0.29) is 5.54 Å². The highest BCUT2D eigenvalue weighted by Crippen LogP contribution is 2.37.